The van der Waals surface area contributed by atoms with Crippen molar-refractivity contribution in [1.29, 1.82) is 0 Å². The standard InChI is InChI=1S/C22H25N3O5Si/c1-29-16-9-5-14(6-10-16)20(24-21(27)18-13-19(26)25-30-18)22(28)23-15-7-11-17(12-8-15)31(2,3)4/h5-13,20H,1-4H3,(H,23,28)(H,24,27)(H,25,26)/t20-/m1/s1. The second kappa shape index (κ2) is 9.05. The van der Waals surface area contributed by atoms with Gasteiger partial charge in [-0.2, -0.15) is 5.16 Å². The molecule has 162 valence electrons. The number of rotatable bonds is 7. The lowest BCUT2D eigenvalue weighted by atomic mass is 10.1. The Morgan fingerprint density at radius 2 is 1.68 bits per heavy atom. The Labute approximate surface area is 180 Å². The smallest absolute Gasteiger partial charge is 0.290 e. The number of hydrogen-bond acceptors (Lipinski definition) is 5. The molecule has 0 saturated carbocycles. The molecule has 9 heteroatoms. The van der Waals surface area contributed by atoms with Gasteiger partial charge in [-0.15, -0.1) is 0 Å². The van der Waals surface area contributed by atoms with Crippen LogP contribution in [0.15, 0.2) is 63.9 Å². The summed E-state index contributed by atoms with van der Waals surface area (Å²) in [6, 6.07) is 14.5. The summed E-state index contributed by atoms with van der Waals surface area (Å²) in [7, 11) is 0.0832. The van der Waals surface area contributed by atoms with Gasteiger partial charge in [-0.25, -0.2) is 0 Å². The number of carbonyl (C=O) groups is 2. The van der Waals surface area contributed by atoms with E-state index in [2.05, 4.69) is 35.4 Å². The monoisotopic (exact) mass is 439 g/mol. The van der Waals surface area contributed by atoms with E-state index in [1.54, 1.807) is 31.4 Å². The highest BCUT2D eigenvalue weighted by molar-refractivity contribution is 6.88. The van der Waals surface area contributed by atoms with E-state index in [9.17, 15) is 14.4 Å². The maximum absolute atomic E-state index is 13.1. The van der Waals surface area contributed by atoms with E-state index in [0.29, 0.717) is 17.0 Å². The number of aromatic nitrogens is 1. The van der Waals surface area contributed by atoms with E-state index in [0.717, 1.165) is 6.07 Å². The number of methoxy groups -OCH3 is 1. The summed E-state index contributed by atoms with van der Waals surface area (Å²) in [6.07, 6.45) is 0. The molecule has 1 heterocycles. The van der Waals surface area contributed by atoms with Crippen molar-refractivity contribution in [2.75, 3.05) is 12.4 Å². The largest absolute Gasteiger partial charge is 0.497 e. The minimum Gasteiger partial charge on any atom is -0.497 e. The van der Waals surface area contributed by atoms with Crippen molar-refractivity contribution < 1.29 is 18.8 Å². The van der Waals surface area contributed by atoms with Gasteiger partial charge in [0.15, 0.2) is 0 Å². The van der Waals surface area contributed by atoms with Gasteiger partial charge in [0.2, 0.25) is 5.76 Å². The normalized spacial score (nSPS) is 12.1. The van der Waals surface area contributed by atoms with Crippen LogP contribution in [0.1, 0.15) is 22.2 Å². The number of anilines is 1. The van der Waals surface area contributed by atoms with E-state index in [-0.39, 0.29) is 5.76 Å². The maximum atomic E-state index is 13.1. The number of hydrogen-bond donors (Lipinski definition) is 3. The third-order valence-electron chi connectivity index (χ3n) is 4.75. The second-order valence-corrected chi connectivity index (χ2v) is 13.2. The minimum absolute atomic E-state index is 0.212. The zero-order chi connectivity index (χ0) is 22.6. The van der Waals surface area contributed by atoms with E-state index in [1.165, 1.54) is 5.19 Å². The highest BCUT2D eigenvalue weighted by atomic mass is 28.3. The lowest BCUT2D eigenvalue weighted by Crippen LogP contribution is -2.38. The Morgan fingerprint density at radius 3 is 2.19 bits per heavy atom. The molecule has 3 N–H and O–H groups in total. The zero-order valence-corrected chi connectivity index (χ0v) is 18.8. The Hall–Kier alpha value is -3.59. The lowest BCUT2D eigenvalue weighted by molar-refractivity contribution is -0.118. The predicted molar refractivity (Wildman–Crippen MR) is 121 cm³/mol. The van der Waals surface area contributed by atoms with Crippen LogP contribution in [0.3, 0.4) is 0 Å². The van der Waals surface area contributed by atoms with Gasteiger partial charge < -0.3 is 19.9 Å². The van der Waals surface area contributed by atoms with Crippen LogP contribution < -0.4 is 26.1 Å². The molecule has 0 radical (unpaired) electrons. The van der Waals surface area contributed by atoms with E-state index in [1.807, 2.05) is 24.3 Å². The number of aromatic amines is 1. The number of carbonyl (C=O) groups excluding carboxylic acids is 2. The molecule has 0 bridgehead atoms. The topological polar surface area (TPSA) is 113 Å². The number of nitrogens with one attached hydrogen (secondary N) is 3. The molecule has 2 amide bonds. The molecule has 0 unspecified atom stereocenters. The Morgan fingerprint density at radius 1 is 1.03 bits per heavy atom. The first-order chi connectivity index (χ1) is 14.7. The van der Waals surface area contributed by atoms with Gasteiger partial charge in [0.25, 0.3) is 17.4 Å². The van der Waals surface area contributed by atoms with Crippen molar-refractivity contribution in [2.45, 2.75) is 25.7 Å². The third-order valence-corrected chi connectivity index (χ3v) is 6.82. The van der Waals surface area contributed by atoms with Crippen LogP contribution in [0.25, 0.3) is 0 Å². The van der Waals surface area contributed by atoms with Crippen LogP contribution in [0.2, 0.25) is 19.6 Å². The van der Waals surface area contributed by atoms with Crippen LogP contribution in [0.5, 0.6) is 5.75 Å². The van der Waals surface area contributed by atoms with Crippen LogP contribution in [0.4, 0.5) is 5.69 Å². The highest BCUT2D eigenvalue weighted by Crippen LogP contribution is 2.20. The van der Waals surface area contributed by atoms with Gasteiger partial charge in [-0.3, -0.25) is 14.4 Å². The van der Waals surface area contributed by atoms with Crippen molar-refractivity contribution in [3.63, 3.8) is 0 Å². The Bertz CT molecular complexity index is 1110. The third kappa shape index (κ3) is 5.52. The molecule has 0 aliphatic carbocycles. The minimum atomic E-state index is -1.46. The van der Waals surface area contributed by atoms with Crippen molar-refractivity contribution in [3.8, 4) is 5.75 Å². The summed E-state index contributed by atoms with van der Waals surface area (Å²) < 4.78 is 10.0. The summed E-state index contributed by atoms with van der Waals surface area (Å²) in [5, 5.41) is 8.79. The van der Waals surface area contributed by atoms with Gasteiger partial charge in [0.1, 0.15) is 11.8 Å². The molecule has 0 aliphatic heterocycles. The molecule has 3 aromatic rings. The first-order valence-corrected chi connectivity index (χ1v) is 13.2. The van der Waals surface area contributed by atoms with Crippen molar-refractivity contribution in [3.05, 3.63) is 76.3 Å². The first-order valence-electron chi connectivity index (χ1n) is 9.72. The zero-order valence-electron chi connectivity index (χ0n) is 17.8. The summed E-state index contributed by atoms with van der Waals surface area (Å²) >= 11 is 0. The number of amides is 2. The van der Waals surface area contributed by atoms with Crippen LogP contribution in [0, 0.1) is 0 Å². The van der Waals surface area contributed by atoms with E-state index >= 15 is 0 Å². The van der Waals surface area contributed by atoms with Crippen LogP contribution >= 0.6 is 0 Å². The predicted octanol–water partition coefficient (Wildman–Crippen LogP) is 2.63. The van der Waals surface area contributed by atoms with Gasteiger partial charge >= 0.3 is 0 Å². The number of benzene rings is 2. The fourth-order valence-corrected chi connectivity index (χ4v) is 4.13. The summed E-state index contributed by atoms with van der Waals surface area (Å²) in [5.41, 5.74) is 0.620. The SMILES string of the molecule is COc1ccc([C@@H](NC(=O)c2cc(=O)[nH]o2)C(=O)Nc2ccc([Si](C)(C)C)cc2)cc1. The number of ether oxygens (including phenoxy) is 1. The summed E-state index contributed by atoms with van der Waals surface area (Å²) in [5.74, 6) is -0.718. The van der Waals surface area contributed by atoms with E-state index < -0.39 is 31.5 Å². The maximum Gasteiger partial charge on any atom is 0.290 e. The van der Waals surface area contributed by atoms with Crippen molar-refractivity contribution in [2.24, 2.45) is 0 Å². The van der Waals surface area contributed by atoms with Crippen LogP contribution in [-0.4, -0.2) is 32.2 Å². The molecular weight excluding hydrogens is 414 g/mol. The summed E-state index contributed by atoms with van der Waals surface area (Å²) in [4.78, 5) is 36.9. The number of H-pyrrole nitrogens is 1. The quantitative estimate of drug-likeness (QED) is 0.490. The molecule has 31 heavy (non-hydrogen) atoms. The molecule has 2 aromatic carbocycles. The van der Waals surface area contributed by atoms with Crippen molar-refractivity contribution >= 4 is 30.8 Å². The average Bonchev–Trinajstić information content (AvgIpc) is 3.18. The van der Waals surface area contributed by atoms with Gasteiger partial charge in [0, 0.05) is 5.69 Å². The van der Waals surface area contributed by atoms with Gasteiger partial charge in [-0.05, 0) is 29.8 Å². The molecule has 0 aliphatic rings. The average molecular weight is 440 g/mol. The molecule has 1 aromatic heterocycles. The fourth-order valence-electron chi connectivity index (χ4n) is 2.96. The molecule has 0 spiro atoms. The van der Waals surface area contributed by atoms with Gasteiger partial charge in [0.05, 0.1) is 21.3 Å². The molecule has 3 rings (SSSR count). The Kier molecular flexibility index (Phi) is 6.45. The van der Waals surface area contributed by atoms with Crippen LogP contribution in [-0.2, 0) is 4.79 Å². The molecule has 1 atom stereocenters. The second-order valence-electron chi connectivity index (χ2n) is 8.07. The first kappa shape index (κ1) is 22.1. The highest BCUT2D eigenvalue weighted by Gasteiger charge is 2.25. The molecule has 0 fully saturated rings. The van der Waals surface area contributed by atoms with E-state index in [4.69, 9.17) is 9.26 Å². The molecule has 0 saturated heterocycles. The fraction of sp³-hybridized carbons (Fsp3) is 0.227. The molecular formula is C22H25N3O5Si. The summed E-state index contributed by atoms with van der Waals surface area (Å²) in [6.45, 7) is 6.74. The van der Waals surface area contributed by atoms with Gasteiger partial charge in [-0.1, -0.05) is 49.1 Å². The lowest BCUT2D eigenvalue weighted by Gasteiger charge is -2.20. The van der Waals surface area contributed by atoms with Crippen molar-refractivity contribution in [1.82, 2.24) is 10.5 Å². The Balaban J connectivity index is 1.84. The molecule has 8 nitrogen and oxygen atoms in total.